The maximum Gasteiger partial charge on any atom is 0.389 e. The second-order valence-corrected chi connectivity index (χ2v) is 2.22. The predicted molar refractivity (Wildman–Crippen MR) is 42.2 cm³/mol. The van der Waals surface area contributed by atoms with Gasteiger partial charge in [0.15, 0.2) is 0 Å². The smallest absolute Gasteiger partial charge is 0.389 e. The zero-order valence-electron chi connectivity index (χ0n) is 7.79. The van der Waals surface area contributed by atoms with Crippen LogP contribution >= 0.6 is 0 Å². The fraction of sp³-hybridized carbons (Fsp3) is 1.00. The van der Waals surface area contributed by atoms with Gasteiger partial charge in [0.25, 0.3) is 6.48 Å². The molecular formula is C7H15F3O4. The summed E-state index contributed by atoms with van der Waals surface area (Å²) in [5.74, 6) is 0. The summed E-state index contributed by atoms with van der Waals surface area (Å²) in [7, 11) is 0. The van der Waals surface area contributed by atoms with Crippen molar-refractivity contribution in [1.82, 2.24) is 0 Å². The largest absolute Gasteiger partial charge is 0.396 e. The van der Waals surface area contributed by atoms with Crippen LogP contribution in [0.4, 0.5) is 13.2 Å². The second kappa shape index (κ2) is 9.20. The average molecular weight is 220 g/mol. The van der Waals surface area contributed by atoms with Crippen LogP contribution in [0.2, 0.25) is 0 Å². The fourth-order valence-electron chi connectivity index (χ4n) is 0.429. The molecule has 0 rings (SSSR count). The van der Waals surface area contributed by atoms with Gasteiger partial charge in [-0.1, -0.05) is 0 Å². The molecule has 88 valence electrons. The highest BCUT2D eigenvalue weighted by Crippen LogP contribution is 2.20. The van der Waals surface area contributed by atoms with E-state index in [-0.39, 0.29) is 13.0 Å². The summed E-state index contributed by atoms with van der Waals surface area (Å²) in [5.41, 5.74) is 0. The quantitative estimate of drug-likeness (QED) is 0.607. The van der Waals surface area contributed by atoms with E-state index in [1.165, 1.54) is 0 Å². The molecule has 0 amide bonds. The van der Waals surface area contributed by atoms with Crippen LogP contribution in [-0.2, 0) is 4.74 Å². The first-order chi connectivity index (χ1) is 6.33. The van der Waals surface area contributed by atoms with Gasteiger partial charge in [-0.3, -0.25) is 0 Å². The molecule has 0 aromatic carbocycles. The lowest BCUT2D eigenvalue weighted by Gasteiger charge is -2.01. The standard InChI is InChI=1S/C4H7F3O.C3H8O3/c5-4(6,7)2-1-3-8;1-2-6-3(4)5/h8H,1-3H2;3-5H,2H2,1H3. The molecule has 0 radical (unpaired) electrons. The highest BCUT2D eigenvalue weighted by Gasteiger charge is 2.25. The summed E-state index contributed by atoms with van der Waals surface area (Å²) in [5, 5.41) is 23.7. The number of halogens is 3. The Morgan fingerprint density at radius 1 is 1.29 bits per heavy atom. The molecule has 0 spiro atoms. The Balaban J connectivity index is 0. The minimum absolute atomic E-state index is 0.191. The molecule has 0 heterocycles. The summed E-state index contributed by atoms with van der Waals surface area (Å²) < 4.78 is 37.5. The first-order valence-electron chi connectivity index (χ1n) is 3.98. The van der Waals surface area contributed by atoms with Crippen molar-refractivity contribution in [2.75, 3.05) is 13.2 Å². The van der Waals surface area contributed by atoms with Gasteiger partial charge in [-0.15, -0.1) is 0 Å². The second-order valence-electron chi connectivity index (χ2n) is 2.22. The van der Waals surface area contributed by atoms with Crippen LogP contribution in [0.15, 0.2) is 0 Å². The molecular weight excluding hydrogens is 205 g/mol. The van der Waals surface area contributed by atoms with Gasteiger partial charge in [0.1, 0.15) is 0 Å². The Bertz CT molecular complexity index is 116. The van der Waals surface area contributed by atoms with Crippen molar-refractivity contribution >= 4 is 0 Å². The normalized spacial score (nSPS) is 11.1. The third kappa shape index (κ3) is 22.6. The van der Waals surface area contributed by atoms with Gasteiger partial charge in [-0.05, 0) is 13.3 Å². The third-order valence-electron chi connectivity index (χ3n) is 0.934. The van der Waals surface area contributed by atoms with E-state index in [1.54, 1.807) is 6.92 Å². The van der Waals surface area contributed by atoms with Crippen molar-refractivity contribution < 1.29 is 33.2 Å². The van der Waals surface area contributed by atoms with Crippen molar-refractivity contribution in [1.29, 1.82) is 0 Å². The van der Waals surface area contributed by atoms with E-state index in [1.807, 2.05) is 0 Å². The van der Waals surface area contributed by atoms with Gasteiger partial charge in [0.05, 0.1) is 0 Å². The van der Waals surface area contributed by atoms with Crippen molar-refractivity contribution in [3.8, 4) is 0 Å². The van der Waals surface area contributed by atoms with Gasteiger partial charge in [-0.25, -0.2) is 0 Å². The van der Waals surface area contributed by atoms with Gasteiger partial charge < -0.3 is 20.1 Å². The molecule has 0 atom stereocenters. The molecule has 0 aromatic rings. The maximum absolute atomic E-state index is 11.1. The molecule has 14 heavy (non-hydrogen) atoms. The molecule has 0 aliphatic rings. The molecule has 0 aromatic heterocycles. The monoisotopic (exact) mass is 220 g/mol. The average Bonchev–Trinajstić information content (AvgIpc) is 2.00. The molecule has 0 aliphatic carbocycles. The van der Waals surface area contributed by atoms with Crippen LogP contribution in [0, 0.1) is 0 Å². The Hall–Kier alpha value is -0.370. The number of hydrogen-bond acceptors (Lipinski definition) is 4. The number of aliphatic hydroxyl groups is 3. The lowest BCUT2D eigenvalue weighted by Crippen LogP contribution is -2.08. The lowest BCUT2D eigenvalue weighted by atomic mass is 10.3. The van der Waals surface area contributed by atoms with Crippen LogP contribution in [0.5, 0.6) is 0 Å². The predicted octanol–water partition coefficient (Wildman–Crippen LogP) is 0.612. The van der Waals surface area contributed by atoms with Crippen LogP contribution in [0.25, 0.3) is 0 Å². The molecule has 0 fully saturated rings. The van der Waals surface area contributed by atoms with Crippen LogP contribution in [-0.4, -0.2) is 41.2 Å². The van der Waals surface area contributed by atoms with Crippen molar-refractivity contribution in [3.63, 3.8) is 0 Å². The molecule has 0 saturated heterocycles. The molecule has 7 heteroatoms. The first-order valence-corrected chi connectivity index (χ1v) is 3.98. The number of aliphatic hydroxyl groups excluding tert-OH is 2. The Labute approximate surface area is 79.9 Å². The van der Waals surface area contributed by atoms with Crippen molar-refractivity contribution in [3.05, 3.63) is 0 Å². The van der Waals surface area contributed by atoms with Crippen molar-refractivity contribution in [2.24, 2.45) is 0 Å². The molecule has 3 N–H and O–H groups in total. The summed E-state index contributed by atoms with van der Waals surface area (Å²) in [4.78, 5) is 0. The molecule has 0 bridgehead atoms. The summed E-state index contributed by atoms with van der Waals surface area (Å²) in [6, 6.07) is 0. The highest BCUT2D eigenvalue weighted by atomic mass is 19.4. The number of ether oxygens (including phenoxy) is 1. The van der Waals surface area contributed by atoms with Crippen LogP contribution in [0.1, 0.15) is 19.8 Å². The van der Waals surface area contributed by atoms with E-state index in [0.29, 0.717) is 6.61 Å². The van der Waals surface area contributed by atoms with Crippen LogP contribution < -0.4 is 0 Å². The highest BCUT2D eigenvalue weighted by molar-refractivity contribution is 4.47. The summed E-state index contributed by atoms with van der Waals surface area (Å²) >= 11 is 0. The molecule has 0 aliphatic heterocycles. The first kappa shape index (κ1) is 16.1. The van der Waals surface area contributed by atoms with E-state index in [9.17, 15) is 13.2 Å². The topological polar surface area (TPSA) is 69.9 Å². The Morgan fingerprint density at radius 2 is 1.79 bits per heavy atom. The van der Waals surface area contributed by atoms with Gasteiger partial charge in [-0.2, -0.15) is 13.2 Å². The minimum Gasteiger partial charge on any atom is -0.396 e. The third-order valence-corrected chi connectivity index (χ3v) is 0.934. The van der Waals surface area contributed by atoms with Gasteiger partial charge in [0.2, 0.25) is 0 Å². The zero-order valence-corrected chi connectivity index (χ0v) is 7.79. The van der Waals surface area contributed by atoms with E-state index >= 15 is 0 Å². The zero-order chi connectivity index (χ0) is 11.6. The SMILES string of the molecule is CCOC(O)O.OCCCC(F)(F)F. The van der Waals surface area contributed by atoms with E-state index in [0.717, 1.165) is 0 Å². The maximum atomic E-state index is 11.1. The Morgan fingerprint density at radius 3 is 1.86 bits per heavy atom. The van der Waals surface area contributed by atoms with Gasteiger partial charge >= 0.3 is 6.18 Å². The van der Waals surface area contributed by atoms with E-state index in [4.69, 9.17) is 15.3 Å². The molecule has 0 unspecified atom stereocenters. The minimum atomic E-state index is -4.11. The number of rotatable bonds is 4. The van der Waals surface area contributed by atoms with E-state index < -0.39 is 19.1 Å². The fourth-order valence-corrected chi connectivity index (χ4v) is 0.429. The Kier molecular flexibility index (Phi) is 10.6. The summed E-state index contributed by atoms with van der Waals surface area (Å²) in [6.45, 7) is 0.0198. The molecule has 4 nitrogen and oxygen atoms in total. The van der Waals surface area contributed by atoms with E-state index in [2.05, 4.69) is 4.74 Å². The number of hydrogen-bond donors (Lipinski definition) is 3. The van der Waals surface area contributed by atoms with Gasteiger partial charge in [0, 0.05) is 19.6 Å². The molecule has 0 saturated carbocycles. The van der Waals surface area contributed by atoms with Crippen LogP contribution in [0.3, 0.4) is 0 Å². The van der Waals surface area contributed by atoms with Crippen molar-refractivity contribution in [2.45, 2.75) is 32.4 Å². The summed E-state index contributed by atoms with van der Waals surface area (Å²) in [6.07, 6.45) is -5.18. The number of alkyl halides is 3. The lowest BCUT2D eigenvalue weighted by molar-refractivity contribution is -0.231.